The van der Waals surface area contributed by atoms with Gasteiger partial charge in [-0.1, -0.05) is 24.1 Å². The first-order valence-electron chi connectivity index (χ1n) is 5.91. The molecule has 2 rings (SSSR count). The number of piperidine rings is 1. The van der Waals surface area contributed by atoms with Gasteiger partial charge in [-0.3, -0.25) is 0 Å². The van der Waals surface area contributed by atoms with Gasteiger partial charge in [-0.05, 0) is 31.0 Å². The molecule has 1 unspecified atom stereocenters. The fraction of sp³-hybridized carbons (Fsp3) is 0.538. The molecule has 1 aromatic rings. The van der Waals surface area contributed by atoms with Crippen LogP contribution < -0.4 is 14.8 Å². The van der Waals surface area contributed by atoms with E-state index in [2.05, 4.69) is 5.32 Å². The van der Waals surface area contributed by atoms with Crippen molar-refractivity contribution < 1.29 is 9.47 Å². The van der Waals surface area contributed by atoms with Crippen molar-refractivity contribution in [1.82, 2.24) is 5.32 Å². The highest BCUT2D eigenvalue weighted by Gasteiger charge is 2.21. The van der Waals surface area contributed by atoms with E-state index in [0.717, 1.165) is 18.5 Å². The minimum absolute atomic E-state index is 0.330. The van der Waals surface area contributed by atoms with E-state index < -0.39 is 0 Å². The highest BCUT2D eigenvalue weighted by atomic mass is 35.5. The summed E-state index contributed by atoms with van der Waals surface area (Å²) in [6.07, 6.45) is 3.60. The summed E-state index contributed by atoms with van der Waals surface area (Å²) >= 11 is 6.38. The van der Waals surface area contributed by atoms with Crippen LogP contribution in [0.1, 0.15) is 30.9 Å². The maximum Gasteiger partial charge on any atom is 0.179 e. The van der Waals surface area contributed by atoms with Gasteiger partial charge in [0.1, 0.15) is 0 Å². The number of hydrogen-bond acceptors (Lipinski definition) is 3. The van der Waals surface area contributed by atoms with Gasteiger partial charge in [0, 0.05) is 6.04 Å². The fourth-order valence-corrected chi connectivity index (χ4v) is 2.66. The van der Waals surface area contributed by atoms with E-state index in [4.69, 9.17) is 21.1 Å². The van der Waals surface area contributed by atoms with Crippen LogP contribution in [0.4, 0.5) is 0 Å². The summed E-state index contributed by atoms with van der Waals surface area (Å²) in [7, 11) is 3.23. The monoisotopic (exact) mass is 255 g/mol. The lowest BCUT2D eigenvalue weighted by atomic mass is 9.97. The first-order chi connectivity index (χ1) is 8.27. The molecule has 1 aliphatic rings. The summed E-state index contributed by atoms with van der Waals surface area (Å²) in [4.78, 5) is 0. The number of nitrogens with one attached hydrogen (secondary N) is 1. The second-order valence-electron chi connectivity index (χ2n) is 4.21. The Hall–Kier alpha value is -0.930. The van der Waals surface area contributed by atoms with Crippen LogP contribution in [0.5, 0.6) is 11.5 Å². The predicted molar refractivity (Wildman–Crippen MR) is 69.2 cm³/mol. The molecule has 1 heterocycles. The predicted octanol–water partition coefficient (Wildman–Crippen LogP) is 3.17. The van der Waals surface area contributed by atoms with E-state index >= 15 is 0 Å². The zero-order valence-corrected chi connectivity index (χ0v) is 11.0. The molecule has 0 aliphatic carbocycles. The van der Waals surface area contributed by atoms with Gasteiger partial charge in [-0.25, -0.2) is 0 Å². The number of benzene rings is 1. The quantitative estimate of drug-likeness (QED) is 0.900. The summed E-state index contributed by atoms with van der Waals surface area (Å²) in [6, 6.07) is 4.26. The lowest BCUT2D eigenvalue weighted by Crippen LogP contribution is -2.27. The van der Waals surface area contributed by atoms with E-state index in [-0.39, 0.29) is 0 Å². The summed E-state index contributed by atoms with van der Waals surface area (Å²) in [5.41, 5.74) is 1.10. The standard InChI is InChI=1S/C13H18ClNO2/c1-16-11-7-6-9(12(14)13(11)17-2)10-5-3-4-8-15-10/h6-7,10,15H,3-5,8H2,1-2H3. The molecule has 4 heteroatoms. The van der Waals surface area contributed by atoms with E-state index in [1.54, 1.807) is 14.2 Å². The average molecular weight is 256 g/mol. The van der Waals surface area contributed by atoms with Crippen molar-refractivity contribution >= 4 is 11.6 Å². The minimum atomic E-state index is 0.330. The molecule has 0 amide bonds. The molecule has 17 heavy (non-hydrogen) atoms. The summed E-state index contributed by atoms with van der Waals surface area (Å²) in [6.45, 7) is 1.05. The Morgan fingerprint density at radius 3 is 2.65 bits per heavy atom. The van der Waals surface area contributed by atoms with Gasteiger partial charge in [0.2, 0.25) is 0 Å². The Morgan fingerprint density at radius 1 is 1.24 bits per heavy atom. The summed E-state index contributed by atoms with van der Waals surface area (Å²) in [5, 5.41) is 4.14. The van der Waals surface area contributed by atoms with Gasteiger partial charge in [-0.2, -0.15) is 0 Å². The van der Waals surface area contributed by atoms with Crippen LogP contribution in [0.3, 0.4) is 0 Å². The molecule has 0 bridgehead atoms. The molecular formula is C13H18ClNO2. The molecule has 1 N–H and O–H groups in total. The van der Waals surface area contributed by atoms with Crippen molar-refractivity contribution in [3.63, 3.8) is 0 Å². The zero-order valence-electron chi connectivity index (χ0n) is 10.3. The second kappa shape index (κ2) is 5.61. The molecule has 0 spiro atoms. The van der Waals surface area contributed by atoms with Crippen LogP contribution in [-0.2, 0) is 0 Å². The van der Waals surface area contributed by atoms with Crippen molar-refractivity contribution in [2.24, 2.45) is 0 Å². The van der Waals surface area contributed by atoms with E-state index in [1.165, 1.54) is 12.8 Å². The molecule has 1 aromatic carbocycles. The first kappa shape index (κ1) is 12.5. The molecule has 1 fully saturated rings. The minimum Gasteiger partial charge on any atom is -0.493 e. The van der Waals surface area contributed by atoms with Gasteiger partial charge in [0.05, 0.1) is 19.2 Å². The van der Waals surface area contributed by atoms with Crippen LogP contribution in [0.25, 0.3) is 0 Å². The Kier molecular flexibility index (Phi) is 4.13. The lowest BCUT2D eigenvalue weighted by Gasteiger charge is -2.25. The van der Waals surface area contributed by atoms with Crippen LogP contribution in [0, 0.1) is 0 Å². The first-order valence-corrected chi connectivity index (χ1v) is 6.29. The highest BCUT2D eigenvalue weighted by Crippen LogP contribution is 2.40. The van der Waals surface area contributed by atoms with Crippen molar-refractivity contribution in [2.75, 3.05) is 20.8 Å². The summed E-state index contributed by atoms with van der Waals surface area (Å²) < 4.78 is 10.5. The molecule has 0 saturated carbocycles. The highest BCUT2D eigenvalue weighted by molar-refractivity contribution is 6.33. The molecule has 3 nitrogen and oxygen atoms in total. The van der Waals surface area contributed by atoms with Crippen LogP contribution in [0.2, 0.25) is 5.02 Å². The van der Waals surface area contributed by atoms with Gasteiger partial charge < -0.3 is 14.8 Å². The Morgan fingerprint density at radius 2 is 2.06 bits per heavy atom. The number of methoxy groups -OCH3 is 2. The molecule has 0 radical (unpaired) electrons. The van der Waals surface area contributed by atoms with Crippen molar-refractivity contribution in [3.05, 3.63) is 22.7 Å². The number of halogens is 1. The molecular weight excluding hydrogens is 238 g/mol. The maximum absolute atomic E-state index is 6.38. The molecule has 1 saturated heterocycles. The Balaban J connectivity index is 2.34. The van der Waals surface area contributed by atoms with Crippen molar-refractivity contribution in [3.8, 4) is 11.5 Å². The van der Waals surface area contributed by atoms with Crippen molar-refractivity contribution in [2.45, 2.75) is 25.3 Å². The van der Waals surface area contributed by atoms with Crippen LogP contribution in [-0.4, -0.2) is 20.8 Å². The average Bonchev–Trinajstić information content (AvgIpc) is 2.39. The third-order valence-electron chi connectivity index (χ3n) is 3.20. The topological polar surface area (TPSA) is 30.5 Å². The van der Waals surface area contributed by atoms with Crippen molar-refractivity contribution in [1.29, 1.82) is 0 Å². The maximum atomic E-state index is 6.38. The SMILES string of the molecule is COc1ccc(C2CCCCN2)c(Cl)c1OC. The summed E-state index contributed by atoms with van der Waals surface area (Å²) in [5.74, 6) is 1.30. The van der Waals surface area contributed by atoms with Crippen LogP contribution in [0.15, 0.2) is 12.1 Å². The molecule has 1 aliphatic heterocycles. The second-order valence-corrected chi connectivity index (χ2v) is 4.58. The third-order valence-corrected chi connectivity index (χ3v) is 3.59. The van der Waals surface area contributed by atoms with E-state index in [9.17, 15) is 0 Å². The van der Waals surface area contributed by atoms with Gasteiger partial charge in [-0.15, -0.1) is 0 Å². The lowest BCUT2D eigenvalue weighted by molar-refractivity contribution is 0.352. The number of hydrogen-bond donors (Lipinski definition) is 1. The van der Waals surface area contributed by atoms with Gasteiger partial charge in [0.15, 0.2) is 11.5 Å². The van der Waals surface area contributed by atoms with Gasteiger partial charge >= 0.3 is 0 Å². The van der Waals surface area contributed by atoms with E-state index in [0.29, 0.717) is 22.6 Å². The van der Waals surface area contributed by atoms with Crippen LogP contribution >= 0.6 is 11.6 Å². The normalized spacial score (nSPS) is 20.1. The van der Waals surface area contributed by atoms with Gasteiger partial charge in [0.25, 0.3) is 0 Å². The molecule has 94 valence electrons. The van der Waals surface area contributed by atoms with E-state index in [1.807, 2.05) is 12.1 Å². The third kappa shape index (κ3) is 2.50. The fourth-order valence-electron chi connectivity index (χ4n) is 2.29. The molecule has 1 atom stereocenters. The largest absolute Gasteiger partial charge is 0.493 e. The number of ether oxygens (including phenoxy) is 2. The Labute approximate surface area is 107 Å². The Bertz CT molecular complexity index is 389. The molecule has 0 aromatic heterocycles. The zero-order chi connectivity index (χ0) is 12.3. The smallest absolute Gasteiger partial charge is 0.179 e. The number of rotatable bonds is 3.